The van der Waals surface area contributed by atoms with Crippen LogP contribution < -0.4 is 5.32 Å². The van der Waals surface area contributed by atoms with E-state index in [4.69, 9.17) is 5.26 Å². The van der Waals surface area contributed by atoms with Crippen molar-refractivity contribution >= 4 is 5.91 Å². The Labute approximate surface area is 123 Å². The smallest absolute Gasteiger partial charge is 0.222 e. The van der Waals surface area contributed by atoms with Gasteiger partial charge >= 0.3 is 0 Å². The SMILES string of the molecule is CCCN(C)CCC(=O)N[C@H](C#N)c1ccc(F)cc1F. The van der Waals surface area contributed by atoms with E-state index in [1.165, 1.54) is 6.07 Å². The van der Waals surface area contributed by atoms with Crippen molar-refractivity contribution in [3.8, 4) is 6.07 Å². The highest BCUT2D eigenvalue weighted by molar-refractivity contribution is 5.77. The highest BCUT2D eigenvalue weighted by Crippen LogP contribution is 2.17. The van der Waals surface area contributed by atoms with E-state index in [1.54, 1.807) is 0 Å². The zero-order chi connectivity index (χ0) is 15.8. The van der Waals surface area contributed by atoms with Crippen LogP contribution in [-0.2, 0) is 4.79 Å². The average Bonchev–Trinajstić information content (AvgIpc) is 2.43. The van der Waals surface area contributed by atoms with Gasteiger partial charge in [-0.1, -0.05) is 13.0 Å². The van der Waals surface area contributed by atoms with Crippen LogP contribution in [-0.4, -0.2) is 30.9 Å². The second-order valence-electron chi connectivity index (χ2n) is 4.85. The molecule has 0 saturated heterocycles. The normalized spacial score (nSPS) is 12.0. The topological polar surface area (TPSA) is 56.1 Å². The molecule has 0 radical (unpaired) electrons. The number of hydrogen-bond donors (Lipinski definition) is 1. The quantitative estimate of drug-likeness (QED) is 0.840. The third kappa shape index (κ3) is 5.48. The van der Waals surface area contributed by atoms with Crippen LogP contribution in [0.15, 0.2) is 18.2 Å². The Morgan fingerprint density at radius 2 is 2.14 bits per heavy atom. The van der Waals surface area contributed by atoms with Gasteiger partial charge in [-0.15, -0.1) is 0 Å². The first-order valence-electron chi connectivity index (χ1n) is 6.80. The molecule has 1 N–H and O–H groups in total. The van der Waals surface area contributed by atoms with Crippen LogP contribution in [0.5, 0.6) is 0 Å². The summed E-state index contributed by atoms with van der Waals surface area (Å²) in [5, 5.41) is 11.5. The van der Waals surface area contributed by atoms with E-state index in [9.17, 15) is 13.6 Å². The van der Waals surface area contributed by atoms with Crippen molar-refractivity contribution in [2.75, 3.05) is 20.1 Å². The number of nitrogens with zero attached hydrogens (tertiary/aromatic N) is 2. The summed E-state index contributed by atoms with van der Waals surface area (Å²) >= 11 is 0. The molecule has 1 amide bonds. The second kappa shape index (κ2) is 8.32. The molecule has 0 unspecified atom stereocenters. The third-order valence-electron chi connectivity index (χ3n) is 3.03. The summed E-state index contributed by atoms with van der Waals surface area (Å²) in [6.45, 7) is 3.48. The lowest BCUT2D eigenvalue weighted by Crippen LogP contribution is -2.31. The molecule has 21 heavy (non-hydrogen) atoms. The van der Waals surface area contributed by atoms with Crippen LogP contribution in [0.4, 0.5) is 8.78 Å². The molecule has 1 rings (SSSR count). The summed E-state index contributed by atoms with van der Waals surface area (Å²) in [5.41, 5.74) is -0.0332. The Balaban J connectivity index is 2.62. The van der Waals surface area contributed by atoms with Crippen molar-refractivity contribution in [2.24, 2.45) is 0 Å². The molecule has 1 aromatic carbocycles. The number of amides is 1. The van der Waals surface area contributed by atoms with Crippen LogP contribution in [0.25, 0.3) is 0 Å². The Morgan fingerprint density at radius 1 is 1.43 bits per heavy atom. The molecule has 6 heteroatoms. The van der Waals surface area contributed by atoms with E-state index < -0.39 is 17.7 Å². The van der Waals surface area contributed by atoms with Crippen LogP contribution in [0.2, 0.25) is 0 Å². The lowest BCUT2D eigenvalue weighted by atomic mass is 10.1. The molecule has 0 bridgehead atoms. The van der Waals surface area contributed by atoms with Gasteiger partial charge in [0, 0.05) is 24.6 Å². The maximum atomic E-state index is 13.6. The highest BCUT2D eigenvalue weighted by Gasteiger charge is 2.18. The first-order chi connectivity index (χ1) is 9.97. The highest BCUT2D eigenvalue weighted by atomic mass is 19.1. The fourth-order valence-electron chi connectivity index (χ4n) is 1.93. The van der Waals surface area contributed by atoms with Crippen molar-refractivity contribution in [2.45, 2.75) is 25.8 Å². The molecule has 0 aliphatic rings. The molecule has 114 valence electrons. The maximum Gasteiger partial charge on any atom is 0.222 e. The molecule has 0 aromatic heterocycles. The van der Waals surface area contributed by atoms with E-state index in [0.717, 1.165) is 19.0 Å². The van der Waals surface area contributed by atoms with E-state index >= 15 is 0 Å². The molecular formula is C15H19F2N3O. The lowest BCUT2D eigenvalue weighted by molar-refractivity contribution is -0.121. The van der Waals surface area contributed by atoms with Gasteiger partial charge in [0.15, 0.2) is 0 Å². The van der Waals surface area contributed by atoms with Crippen molar-refractivity contribution in [3.05, 3.63) is 35.4 Å². The number of benzene rings is 1. The maximum absolute atomic E-state index is 13.6. The van der Waals surface area contributed by atoms with Gasteiger partial charge in [0.2, 0.25) is 5.91 Å². The number of nitrogens with one attached hydrogen (secondary N) is 1. The van der Waals surface area contributed by atoms with Gasteiger partial charge in [0.25, 0.3) is 0 Å². The standard InChI is InChI=1S/C15H19F2N3O/c1-3-7-20(2)8-6-15(21)19-14(10-18)12-5-4-11(16)9-13(12)17/h4-5,9,14H,3,6-8H2,1-2H3,(H,19,21)/t14-/m1/s1. The summed E-state index contributed by atoms with van der Waals surface area (Å²) in [4.78, 5) is 13.8. The van der Waals surface area contributed by atoms with Gasteiger partial charge in [0.1, 0.15) is 17.7 Å². The number of hydrogen-bond acceptors (Lipinski definition) is 3. The van der Waals surface area contributed by atoms with Gasteiger partial charge < -0.3 is 10.2 Å². The summed E-state index contributed by atoms with van der Waals surface area (Å²) in [5.74, 6) is -1.90. The summed E-state index contributed by atoms with van der Waals surface area (Å²) in [6, 6.07) is 3.62. The van der Waals surface area contributed by atoms with Gasteiger partial charge in [-0.25, -0.2) is 8.78 Å². The summed E-state index contributed by atoms with van der Waals surface area (Å²) in [6.07, 6.45) is 1.21. The number of carbonyl (C=O) groups excluding carboxylic acids is 1. The summed E-state index contributed by atoms with van der Waals surface area (Å²) in [7, 11) is 1.90. The number of rotatable bonds is 7. The van der Waals surface area contributed by atoms with Crippen LogP contribution in [0, 0.1) is 23.0 Å². The fourth-order valence-corrected chi connectivity index (χ4v) is 1.93. The monoisotopic (exact) mass is 295 g/mol. The van der Waals surface area contributed by atoms with E-state index in [2.05, 4.69) is 5.32 Å². The molecule has 0 heterocycles. The molecule has 1 atom stereocenters. The van der Waals surface area contributed by atoms with E-state index in [-0.39, 0.29) is 17.9 Å². The minimum Gasteiger partial charge on any atom is -0.337 e. The van der Waals surface area contributed by atoms with Crippen molar-refractivity contribution in [3.63, 3.8) is 0 Å². The van der Waals surface area contributed by atoms with Crippen LogP contribution in [0.3, 0.4) is 0 Å². The van der Waals surface area contributed by atoms with Gasteiger partial charge in [-0.05, 0) is 26.1 Å². The Hall–Kier alpha value is -2.00. The number of nitriles is 1. The first kappa shape index (κ1) is 17.1. The predicted octanol–water partition coefficient (Wildman–Crippen LogP) is 2.38. The van der Waals surface area contributed by atoms with Crippen molar-refractivity contribution in [1.82, 2.24) is 10.2 Å². The Morgan fingerprint density at radius 3 is 2.71 bits per heavy atom. The average molecular weight is 295 g/mol. The minimum absolute atomic E-state index is 0.0332. The molecule has 1 aromatic rings. The molecule has 0 aliphatic heterocycles. The van der Waals surface area contributed by atoms with Crippen molar-refractivity contribution in [1.29, 1.82) is 5.26 Å². The summed E-state index contributed by atoms with van der Waals surface area (Å²) < 4.78 is 26.4. The number of carbonyl (C=O) groups is 1. The molecule has 4 nitrogen and oxygen atoms in total. The first-order valence-corrected chi connectivity index (χ1v) is 6.80. The zero-order valence-corrected chi connectivity index (χ0v) is 12.2. The van der Waals surface area contributed by atoms with Gasteiger partial charge in [-0.2, -0.15) is 5.26 Å². The molecular weight excluding hydrogens is 276 g/mol. The van der Waals surface area contributed by atoms with E-state index in [0.29, 0.717) is 12.6 Å². The Bertz CT molecular complexity index is 528. The van der Waals surface area contributed by atoms with Crippen LogP contribution in [0.1, 0.15) is 31.4 Å². The second-order valence-corrected chi connectivity index (χ2v) is 4.85. The molecule has 0 spiro atoms. The molecule has 0 saturated carbocycles. The largest absolute Gasteiger partial charge is 0.337 e. The molecule has 0 aliphatic carbocycles. The Kier molecular flexibility index (Phi) is 6.76. The van der Waals surface area contributed by atoms with Gasteiger partial charge in [0.05, 0.1) is 6.07 Å². The minimum atomic E-state index is -1.12. The number of halogens is 2. The molecule has 0 fully saturated rings. The van der Waals surface area contributed by atoms with Gasteiger partial charge in [-0.3, -0.25) is 4.79 Å². The van der Waals surface area contributed by atoms with Crippen molar-refractivity contribution < 1.29 is 13.6 Å². The van der Waals surface area contributed by atoms with Crippen LogP contribution >= 0.6 is 0 Å². The lowest BCUT2D eigenvalue weighted by Gasteiger charge is -2.16. The third-order valence-corrected chi connectivity index (χ3v) is 3.03. The fraction of sp³-hybridized carbons (Fsp3) is 0.467. The predicted molar refractivity (Wildman–Crippen MR) is 75.3 cm³/mol. The zero-order valence-electron chi connectivity index (χ0n) is 12.2. The van der Waals surface area contributed by atoms with E-state index in [1.807, 2.05) is 24.9 Å².